The molecule has 1 aromatic rings. The first-order valence-corrected chi connectivity index (χ1v) is 8.32. The Morgan fingerprint density at radius 3 is 2.84 bits per heavy atom. The molecule has 0 saturated carbocycles. The van der Waals surface area contributed by atoms with Gasteiger partial charge in [0.2, 0.25) is 10.0 Å². The van der Waals surface area contributed by atoms with E-state index in [9.17, 15) is 8.42 Å². The van der Waals surface area contributed by atoms with Crippen molar-refractivity contribution in [2.24, 2.45) is 5.92 Å². The minimum absolute atomic E-state index is 0.0498. The largest absolute Gasteiger partial charge is 0.398 e. The summed E-state index contributed by atoms with van der Waals surface area (Å²) in [5, 5.41) is 0.193. The summed E-state index contributed by atoms with van der Waals surface area (Å²) in [6.45, 7) is 3.24. The fourth-order valence-corrected chi connectivity index (χ4v) is 4.75. The topological polar surface area (TPSA) is 63.4 Å². The second-order valence-corrected chi connectivity index (χ2v) is 7.25. The molecule has 1 heterocycles. The number of anilines is 1. The molecular weight excluding hydrogens is 284 g/mol. The van der Waals surface area contributed by atoms with Crippen LogP contribution in [-0.2, 0) is 10.0 Å². The van der Waals surface area contributed by atoms with Crippen molar-refractivity contribution in [1.29, 1.82) is 0 Å². The number of nitrogens with two attached hydrogens (primary N) is 1. The molecule has 2 rings (SSSR count). The Labute approximate surface area is 119 Å². The molecule has 4 nitrogen and oxygen atoms in total. The standard InChI is InChI=1S/C13H19ClN2O2S/c1-2-4-10-7-8-16(9-10)19(17,18)13-11(14)5-3-6-12(13)15/h3,5-6,10H,2,4,7-9,15H2,1H3. The van der Waals surface area contributed by atoms with Crippen LogP contribution in [0.15, 0.2) is 23.1 Å². The van der Waals surface area contributed by atoms with Gasteiger partial charge in [0.1, 0.15) is 4.90 Å². The molecule has 1 atom stereocenters. The normalized spacial score (nSPS) is 20.8. The third kappa shape index (κ3) is 2.88. The van der Waals surface area contributed by atoms with Crippen LogP contribution >= 0.6 is 11.6 Å². The molecule has 106 valence electrons. The summed E-state index contributed by atoms with van der Waals surface area (Å²) >= 11 is 6.00. The van der Waals surface area contributed by atoms with E-state index >= 15 is 0 Å². The van der Waals surface area contributed by atoms with Gasteiger partial charge in [0.15, 0.2) is 0 Å². The molecule has 1 aliphatic rings. The summed E-state index contributed by atoms with van der Waals surface area (Å²) < 4.78 is 26.7. The molecule has 0 spiro atoms. The number of sulfonamides is 1. The zero-order valence-electron chi connectivity index (χ0n) is 11.0. The van der Waals surface area contributed by atoms with Gasteiger partial charge in [-0.3, -0.25) is 0 Å². The lowest BCUT2D eigenvalue weighted by Gasteiger charge is -2.18. The highest BCUT2D eigenvalue weighted by molar-refractivity contribution is 7.89. The number of hydrogen-bond donors (Lipinski definition) is 1. The zero-order valence-corrected chi connectivity index (χ0v) is 12.5. The highest BCUT2D eigenvalue weighted by atomic mass is 35.5. The highest BCUT2D eigenvalue weighted by Gasteiger charge is 2.34. The monoisotopic (exact) mass is 302 g/mol. The lowest BCUT2D eigenvalue weighted by atomic mass is 10.0. The molecule has 19 heavy (non-hydrogen) atoms. The Morgan fingerprint density at radius 1 is 1.47 bits per heavy atom. The summed E-state index contributed by atoms with van der Waals surface area (Å²) in [5.41, 5.74) is 5.99. The van der Waals surface area contributed by atoms with E-state index in [1.807, 2.05) is 0 Å². The van der Waals surface area contributed by atoms with Crippen LogP contribution in [0.4, 0.5) is 5.69 Å². The number of halogens is 1. The molecule has 1 saturated heterocycles. The average molecular weight is 303 g/mol. The van der Waals surface area contributed by atoms with Crippen LogP contribution in [0, 0.1) is 5.92 Å². The van der Waals surface area contributed by atoms with E-state index in [2.05, 4.69) is 6.92 Å². The summed E-state index contributed by atoms with van der Waals surface area (Å²) in [6.07, 6.45) is 3.05. The van der Waals surface area contributed by atoms with E-state index in [-0.39, 0.29) is 15.6 Å². The van der Waals surface area contributed by atoms with E-state index in [1.165, 1.54) is 4.31 Å². The Kier molecular flexibility index (Phi) is 4.38. The van der Waals surface area contributed by atoms with Gasteiger partial charge < -0.3 is 5.73 Å². The van der Waals surface area contributed by atoms with Gasteiger partial charge in [-0.1, -0.05) is 31.0 Å². The van der Waals surface area contributed by atoms with Crippen molar-refractivity contribution in [3.63, 3.8) is 0 Å². The summed E-state index contributed by atoms with van der Waals surface area (Å²) in [5.74, 6) is 0.448. The van der Waals surface area contributed by atoms with Crippen molar-refractivity contribution in [2.45, 2.75) is 31.1 Å². The van der Waals surface area contributed by atoms with Gasteiger partial charge in [-0.05, 0) is 30.9 Å². The predicted octanol–water partition coefficient (Wildman–Crippen LogP) is 2.73. The fourth-order valence-electron chi connectivity index (χ4n) is 2.59. The van der Waals surface area contributed by atoms with Gasteiger partial charge in [-0.2, -0.15) is 4.31 Å². The second-order valence-electron chi connectivity index (χ2n) is 4.96. The van der Waals surface area contributed by atoms with E-state index in [0.29, 0.717) is 19.0 Å². The Bertz CT molecular complexity index is 540. The van der Waals surface area contributed by atoms with E-state index in [4.69, 9.17) is 17.3 Å². The number of nitrogen functional groups attached to an aromatic ring is 1. The third-order valence-corrected chi connectivity index (χ3v) is 5.95. The molecule has 1 fully saturated rings. The molecule has 2 N–H and O–H groups in total. The Morgan fingerprint density at radius 2 is 2.21 bits per heavy atom. The fraction of sp³-hybridized carbons (Fsp3) is 0.538. The van der Waals surface area contributed by atoms with Crippen LogP contribution in [0.5, 0.6) is 0 Å². The Balaban J connectivity index is 2.29. The Hall–Kier alpha value is -0.780. The van der Waals surface area contributed by atoms with Crippen molar-refractivity contribution in [1.82, 2.24) is 4.31 Å². The van der Waals surface area contributed by atoms with Crippen molar-refractivity contribution >= 4 is 27.3 Å². The van der Waals surface area contributed by atoms with Crippen LogP contribution < -0.4 is 5.73 Å². The van der Waals surface area contributed by atoms with Crippen LogP contribution in [0.25, 0.3) is 0 Å². The van der Waals surface area contributed by atoms with Crippen LogP contribution in [0.3, 0.4) is 0 Å². The third-order valence-electron chi connectivity index (χ3n) is 3.54. The number of benzene rings is 1. The molecule has 0 aliphatic carbocycles. The molecule has 0 bridgehead atoms. The smallest absolute Gasteiger partial charge is 0.246 e. The van der Waals surface area contributed by atoms with Crippen molar-refractivity contribution in [2.75, 3.05) is 18.8 Å². The number of nitrogens with zero attached hydrogens (tertiary/aromatic N) is 1. The van der Waals surface area contributed by atoms with Crippen LogP contribution in [0.1, 0.15) is 26.2 Å². The maximum Gasteiger partial charge on any atom is 0.246 e. The van der Waals surface area contributed by atoms with Gasteiger partial charge in [-0.15, -0.1) is 0 Å². The molecular formula is C13H19ClN2O2S. The van der Waals surface area contributed by atoms with E-state index in [1.54, 1.807) is 18.2 Å². The summed E-state index contributed by atoms with van der Waals surface area (Å²) in [4.78, 5) is 0.0498. The molecule has 1 unspecified atom stereocenters. The quantitative estimate of drug-likeness (QED) is 0.870. The molecule has 1 aromatic carbocycles. The maximum atomic E-state index is 12.6. The molecule has 0 radical (unpaired) electrons. The van der Waals surface area contributed by atoms with Gasteiger partial charge >= 0.3 is 0 Å². The highest BCUT2D eigenvalue weighted by Crippen LogP contribution is 2.33. The van der Waals surface area contributed by atoms with Gasteiger partial charge in [-0.25, -0.2) is 8.42 Å². The lowest BCUT2D eigenvalue weighted by molar-refractivity contribution is 0.445. The van der Waals surface area contributed by atoms with Crippen molar-refractivity contribution < 1.29 is 8.42 Å². The van der Waals surface area contributed by atoms with Gasteiger partial charge in [0.05, 0.1) is 10.7 Å². The molecule has 0 aromatic heterocycles. The van der Waals surface area contributed by atoms with Gasteiger partial charge in [0.25, 0.3) is 0 Å². The predicted molar refractivity (Wildman–Crippen MR) is 77.6 cm³/mol. The van der Waals surface area contributed by atoms with Gasteiger partial charge in [0, 0.05) is 13.1 Å². The van der Waals surface area contributed by atoms with Crippen molar-refractivity contribution in [3.8, 4) is 0 Å². The average Bonchev–Trinajstić information content (AvgIpc) is 2.78. The first kappa shape index (κ1) is 14.6. The zero-order chi connectivity index (χ0) is 14.0. The second kappa shape index (κ2) is 5.69. The molecule has 1 aliphatic heterocycles. The first-order valence-electron chi connectivity index (χ1n) is 6.51. The van der Waals surface area contributed by atoms with Crippen molar-refractivity contribution in [3.05, 3.63) is 23.2 Å². The molecule has 6 heteroatoms. The summed E-state index contributed by atoms with van der Waals surface area (Å²) in [7, 11) is -3.57. The minimum Gasteiger partial charge on any atom is -0.398 e. The molecule has 0 amide bonds. The SMILES string of the molecule is CCCC1CCN(S(=O)(=O)c2c(N)cccc2Cl)C1. The van der Waals surface area contributed by atoms with E-state index < -0.39 is 10.0 Å². The number of rotatable bonds is 4. The van der Waals surface area contributed by atoms with E-state index in [0.717, 1.165) is 19.3 Å². The first-order chi connectivity index (χ1) is 8.96. The van der Waals surface area contributed by atoms with Crippen LogP contribution in [-0.4, -0.2) is 25.8 Å². The summed E-state index contributed by atoms with van der Waals surface area (Å²) in [6, 6.07) is 4.78. The maximum absolute atomic E-state index is 12.6. The number of hydrogen-bond acceptors (Lipinski definition) is 3. The van der Waals surface area contributed by atoms with Crippen LogP contribution in [0.2, 0.25) is 5.02 Å². The lowest BCUT2D eigenvalue weighted by Crippen LogP contribution is -2.29. The minimum atomic E-state index is -3.57.